The highest BCUT2D eigenvalue weighted by Crippen LogP contribution is 2.24. The number of hydrogen-bond acceptors (Lipinski definition) is 3. The van der Waals surface area contributed by atoms with Crippen LogP contribution in [0.4, 0.5) is 0 Å². The standard InChI is InChI=1S/C16H12O3/c1-9(17)14-10(2)19-13-8-7-11-5-3-4-6-12(11)15(13)16(14)18/h3-8H,1-2H3. The number of ketones is 1. The fraction of sp³-hybridized carbons (Fsp3) is 0.125. The molecule has 0 bridgehead atoms. The summed E-state index contributed by atoms with van der Waals surface area (Å²) in [6, 6.07) is 11.3. The smallest absolute Gasteiger partial charge is 0.204 e. The molecule has 3 nitrogen and oxygen atoms in total. The third-order valence-electron chi connectivity index (χ3n) is 3.31. The second-order valence-corrected chi connectivity index (χ2v) is 4.58. The van der Waals surface area contributed by atoms with E-state index in [9.17, 15) is 9.59 Å². The second-order valence-electron chi connectivity index (χ2n) is 4.58. The summed E-state index contributed by atoms with van der Waals surface area (Å²) in [5.74, 6) is 0.112. The van der Waals surface area contributed by atoms with E-state index >= 15 is 0 Å². The number of hydrogen-bond donors (Lipinski definition) is 0. The maximum Gasteiger partial charge on any atom is 0.204 e. The first-order valence-electron chi connectivity index (χ1n) is 6.05. The molecule has 0 aliphatic carbocycles. The number of aryl methyl sites for hydroxylation is 1. The molecule has 19 heavy (non-hydrogen) atoms. The van der Waals surface area contributed by atoms with E-state index in [4.69, 9.17) is 4.42 Å². The summed E-state index contributed by atoms with van der Waals surface area (Å²) < 4.78 is 5.62. The lowest BCUT2D eigenvalue weighted by atomic mass is 10.0. The summed E-state index contributed by atoms with van der Waals surface area (Å²) in [4.78, 5) is 24.1. The predicted octanol–water partition coefficient (Wildman–Crippen LogP) is 3.46. The quantitative estimate of drug-likeness (QED) is 0.492. The Morgan fingerprint density at radius 1 is 1.11 bits per heavy atom. The van der Waals surface area contributed by atoms with Gasteiger partial charge in [-0.2, -0.15) is 0 Å². The molecule has 0 saturated carbocycles. The summed E-state index contributed by atoms with van der Waals surface area (Å²) in [6.45, 7) is 3.03. The number of benzene rings is 2. The van der Waals surface area contributed by atoms with Crippen molar-refractivity contribution in [1.29, 1.82) is 0 Å². The van der Waals surface area contributed by atoms with Crippen LogP contribution in [0.1, 0.15) is 23.0 Å². The minimum atomic E-state index is -0.263. The van der Waals surface area contributed by atoms with Crippen molar-refractivity contribution in [3.63, 3.8) is 0 Å². The van der Waals surface area contributed by atoms with Gasteiger partial charge in [0.2, 0.25) is 5.43 Å². The molecular formula is C16H12O3. The molecule has 1 heterocycles. The first-order chi connectivity index (χ1) is 9.09. The average molecular weight is 252 g/mol. The molecule has 0 radical (unpaired) electrons. The zero-order chi connectivity index (χ0) is 13.6. The molecule has 0 unspecified atom stereocenters. The molecule has 3 heteroatoms. The molecule has 0 N–H and O–H groups in total. The topological polar surface area (TPSA) is 47.3 Å². The van der Waals surface area contributed by atoms with E-state index in [1.54, 1.807) is 13.0 Å². The molecular weight excluding hydrogens is 240 g/mol. The molecule has 0 spiro atoms. The Labute approximate surface area is 109 Å². The Balaban J connectivity index is 2.62. The van der Waals surface area contributed by atoms with Gasteiger partial charge in [-0.05, 0) is 30.7 Å². The Hall–Kier alpha value is -2.42. The van der Waals surface area contributed by atoms with E-state index in [0.29, 0.717) is 16.7 Å². The largest absolute Gasteiger partial charge is 0.460 e. The summed E-state index contributed by atoms with van der Waals surface area (Å²) in [5.41, 5.74) is 0.415. The molecule has 0 saturated heterocycles. The van der Waals surface area contributed by atoms with Gasteiger partial charge in [-0.15, -0.1) is 0 Å². The zero-order valence-corrected chi connectivity index (χ0v) is 10.7. The molecule has 3 rings (SSSR count). The van der Waals surface area contributed by atoms with Crippen LogP contribution in [0.25, 0.3) is 21.7 Å². The lowest BCUT2D eigenvalue weighted by Crippen LogP contribution is -2.15. The van der Waals surface area contributed by atoms with Crippen LogP contribution in [0.3, 0.4) is 0 Å². The number of carbonyl (C=O) groups excluding carboxylic acids is 1. The minimum absolute atomic E-state index is 0.142. The monoisotopic (exact) mass is 252 g/mol. The fourth-order valence-corrected chi connectivity index (χ4v) is 2.48. The highest BCUT2D eigenvalue weighted by Gasteiger charge is 2.16. The van der Waals surface area contributed by atoms with Crippen LogP contribution in [-0.2, 0) is 0 Å². The number of Topliss-reactive ketones (excluding diaryl/α,β-unsaturated/α-hetero) is 1. The maximum absolute atomic E-state index is 12.5. The van der Waals surface area contributed by atoms with Crippen LogP contribution < -0.4 is 5.43 Å². The van der Waals surface area contributed by atoms with Gasteiger partial charge in [-0.1, -0.05) is 30.3 Å². The fourth-order valence-electron chi connectivity index (χ4n) is 2.48. The van der Waals surface area contributed by atoms with Crippen molar-refractivity contribution in [2.45, 2.75) is 13.8 Å². The van der Waals surface area contributed by atoms with Crippen molar-refractivity contribution in [2.24, 2.45) is 0 Å². The van der Waals surface area contributed by atoms with Crippen LogP contribution >= 0.6 is 0 Å². The summed E-state index contributed by atoms with van der Waals surface area (Å²) in [5, 5.41) is 2.26. The van der Waals surface area contributed by atoms with Crippen molar-refractivity contribution in [1.82, 2.24) is 0 Å². The summed E-state index contributed by atoms with van der Waals surface area (Å²) in [6.07, 6.45) is 0. The maximum atomic E-state index is 12.5. The number of carbonyl (C=O) groups is 1. The van der Waals surface area contributed by atoms with Crippen LogP contribution in [0.2, 0.25) is 0 Å². The zero-order valence-electron chi connectivity index (χ0n) is 10.7. The van der Waals surface area contributed by atoms with Crippen LogP contribution in [-0.4, -0.2) is 5.78 Å². The van der Waals surface area contributed by atoms with Gasteiger partial charge in [-0.3, -0.25) is 9.59 Å². The second kappa shape index (κ2) is 4.05. The van der Waals surface area contributed by atoms with Gasteiger partial charge in [0.15, 0.2) is 5.78 Å². The van der Waals surface area contributed by atoms with E-state index in [1.165, 1.54) is 6.92 Å². The molecule has 0 amide bonds. The Kier molecular flexibility index (Phi) is 2.49. The number of fused-ring (bicyclic) bond motifs is 3. The van der Waals surface area contributed by atoms with Crippen LogP contribution in [0.5, 0.6) is 0 Å². The predicted molar refractivity (Wildman–Crippen MR) is 74.7 cm³/mol. The van der Waals surface area contributed by atoms with E-state index in [2.05, 4.69) is 0 Å². The van der Waals surface area contributed by atoms with Crippen molar-refractivity contribution in [3.8, 4) is 0 Å². The van der Waals surface area contributed by atoms with Gasteiger partial charge in [0.1, 0.15) is 16.9 Å². The Morgan fingerprint density at radius 3 is 2.58 bits per heavy atom. The molecule has 0 aliphatic heterocycles. The third-order valence-corrected chi connectivity index (χ3v) is 3.31. The molecule has 94 valence electrons. The van der Waals surface area contributed by atoms with Gasteiger partial charge < -0.3 is 4.42 Å². The lowest BCUT2D eigenvalue weighted by Gasteiger charge is -2.06. The van der Waals surface area contributed by atoms with Gasteiger partial charge in [-0.25, -0.2) is 0 Å². The van der Waals surface area contributed by atoms with Crippen LogP contribution in [0.15, 0.2) is 45.6 Å². The van der Waals surface area contributed by atoms with Gasteiger partial charge in [0.25, 0.3) is 0 Å². The van der Waals surface area contributed by atoms with E-state index in [0.717, 1.165) is 10.8 Å². The van der Waals surface area contributed by atoms with Crippen molar-refractivity contribution in [2.75, 3.05) is 0 Å². The normalized spacial score (nSPS) is 11.1. The van der Waals surface area contributed by atoms with Crippen molar-refractivity contribution < 1.29 is 9.21 Å². The van der Waals surface area contributed by atoms with Crippen LogP contribution in [0, 0.1) is 6.92 Å². The van der Waals surface area contributed by atoms with E-state index in [1.807, 2.05) is 30.3 Å². The highest BCUT2D eigenvalue weighted by atomic mass is 16.3. The van der Waals surface area contributed by atoms with Crippen molar-refractivity contribution >= 4 is 27.5 Å². The first kappa shape index (κ1) is 11.7. The van der Waals surface area contributed by atoms with E-state index in [-0.39, 0.29) is 16.8 Å². The summed E-state index contributed by atoms with van der Waals surface area (Å²) in [7, 11) is 0. The molecule has 0 aliphatic rings. The summed E-state index contributed by atoms with van der Waals surface area (Å²) >= 11 is 0. The highest BCUT2D eigenvalue weighted by molar-refractivity contribution is 6.08. The van der Waals surface area contributed by atoms with Crippen molar-refractivity contribution in [3.05, 3.63) is 57.9 Å². The molecule has 0 atom stereocenters. The molecule has 0 fully saturated rings. The minimum Gasteiger partial charge on any atom is -0.460 e. The lowest BCUT2D eigenvalue weighted by molar-refractivity contribution is 0.101. The average Bonchev–Trinajstić information content (AvgIpc) is 2.37. The molecule has 3 aromatic rings. The van der Waals surface area contributed by atoms with E-state index < -0.39 is 0 Å². The first-order valence-corrected chi connectivity index (χ1v) is 6.05. The van der Waals surface area contributed by atoms with Gasteiger partial charge >= 0.3 is 0 Å². The third kappa shape index (κ3) is 1.66. The van der Waals surface area contributed by atoms with Gasteiger partial charge in [0, 0.05) is 0 Å². The van der Waals surface area contributed by atoms with Gasteiger partial charge in [0.05, 0.1) is 5.39 Å². The Bertz CT molecular complexity index is 872. The SMILES string of the molecule is CC(=O)c1c(C)oc2ccc3ccccc3c2c1=O. The number of rotatable bonds is 1. The molecule has 1 aromatic heterocycles. The Morgan fingerprint density at radius 2 is 1.84 bits per heavy atom. The molecule has 2 aromatic carbocycles.